The Hall–Kier alpha value is -5.42. The van der Waals surface area contributed by atoms with Crippen molar-refractivity contribution in [2.24, 2.45) is 0 Å². The molecule has 7 rings (SSSR count). The summed E-state index contributed by atoms with van der Waals surface area (Å²) in [5, 5.41) is 19.4. The van der Waals surface area contributed by atoms with Crippen LogP contribution in [0.1, 0.15) is 12.0 Å². The van der Waals surface area contributed by atoms with Crippen molar-refractivity contribution in [2.45, 2.75) is 12.5 Å². The number of nitrogens with one attached hydrogen (secondary N) is 5. The highest BCUT2D eigenvalue weighted by molar-refractivity contribution is 7.71. The largest absolute Gasteiger partial charge is 0.494 e. The minimum absolute atomic E-state index is 0.111. The van der Waals surface area contributed by atoms with Crippen molar-refractivity contribution in [1.82, 2.24) is 30.2 Å². The van der Waals surface area contributed by atoms with E-state index in [0.717, 1.165) is 28.8 Å². The number of ether oxygens (including phenoxy) is 2. The maximum absolute atomic E-state index is 13.5. The number of methoxy groups -OCH3 is 1. The lowest BCUT2D eigenvalue weighted by Crippen LogP contribution is -2.25. The van der Waals surface area contributed by atoms with E-state index in [1.165, 1.54) is 6.21 Å². The zero-order chi connectivity index (χ0) is 32.0. The van der Waals surface area contributed by atoms with Crippen molar-refractivity contribution >= 4 is 75.1 Å². The van der Waals surface area contributed by atoms with E-state index in [9.17, 15) is 4.57 Å². The number of H-pyrrole nitrogens is 1. The molecule has 13 nitrogen and oxygen atoms in total. The van der Waals surface area contributed by atoms with E-state index in [1.54, 1.807) is 58.5 Å². The summed E-state index contributed by atoms with van der Waals surface area (Å²) in [6, 6.07) is 9.48. The number of allylic oxidation sites excluding steroid dienone is 1. The smallest absolute Gasteiger partial charge is 0.231 e. The van der Waals surface area contributed by atoms with E-state index in [4.69, 9.17) is 24.9 Å². The molecule has 2 aromatic carbocycles. The number of aromatic nitrogens is 5. The summed E-state index contributed by atoms with van der Waals surface area (Å²) in [6.07, 6.45) is 10.9. The lowest BCUT2D eigenvalue weighted by atomic mass is 10.0. The van der Waals surface area contributed by atoms with Crippen molar-refractivity contribution in [2.75, 3.05) is 49.6 Å². The van der Waals surface area contributed by atoms with Crippen LogP contribution in [0.5, 0.6) is 5.75 Å². The van der Waals surface area contributed by atoms with Crippen molar-refractivity contribution in [3.05, 3.63) is 72.6 Å². The predicted octanol–water partition coefficient (Wildman–Crippen LogP) is 5.31. The number of hydrogen-bond donors (Lipinski definition) is 5. The van der Waals surface area contributed by atoms with Gasteiger partial charge in [0.15, 0.2) is 0 Å². The summed E-state index contributed by atoms with van der Waals surface area (Å²) in [7, 11) is 0.621. The Morgan fingerprint density at radius 2 is 2.00 bits per heavy atom. The first kappa shape index (κ1) is 29.3. The summed E-state index contributed by atoms with van der Waals surface area (Å²) >= 11 is 0. The van der Waals surface area contributed by atoms with Gasteiger partial charge in [0.25, 0.3) is 0 Å². The van der Waals surface area contributed by atoms with Gasteiger partial charge in [-0.25, -0.2) is 0 Å². The Labute approximate surface area is 265 Å². The van der Waals surface area contributed by atoms with Gasteiger partial charge in [-0.2, -0.15) is 9.97 Å². The Balaban J connectivity index is 1.32. The molecule has 1 unspecified atom stereocenters. The van der Waals surface area contributed by atoms with Gasteiger partial charge in [0.05, 0.1) is 52.6 Å². The topological polar surface area (TPSA) is 166 Å². The quantitative estimate of drug-likeness (QED) is 0.0997. The second-order valence-corrected chi connectivity index (χ2v) is 14.6. The van der Waals surface area contributed by atoms with Crippen LogP contribution in [0, 0.1) is 5.41 Å². The zero-order valence-corrected chi connectivity index (χ0v) is 26.6. The third-order valence-corrected chi connectivity index (χ3v) is 9.54. The van der Waals surface area contributed by atoms with Gasteiger partial charge in [0.1, 0.15) is 42.2 Å². The van der Waals surface area contributed by atoms with E-state index in [0.29, 0.717) is 63.0 Å². The molecule has 5 aromatic rings. The van der Waals surface area contributed by atoms with Crippen LogP contribution in [0.2, 0.25) is 0 Å². The molecular weight excluding hydrogens is 603 g/mol. The molecule has 0 aliphatic carbocycles. The fraction of sp³-hybridized carbons (Fsp3) is 0.219. The van der Waals surface area contributed by atoms with Crippen molar-refractivity contribution in [3.63, 3.8) is 0 Å². The van der Waals surface area contributed by atoms with Gasteiger partial charge in [-0.3, -0.25) is 9.97 Å². The average Bonchev–Trinajstić information content (AvgIpc) is 3.81. The average molecular weight is 637 g/mol. The van der Waals surface area contributed by atoms with E-state index in [2.05, 4.69) is 35.8 Å². The normalized spacial score (nSPS) is 16.0. The van der Waals surface area contributed by atoms with Crippen LogP contribution < -0.4 is 30.9 Å². The standard InChI is InChI=1S/C32H33N10O3P/c1-34-15-18(14-33)22-12-25(27(44-2)13-26(22)42-16-20-11-19(42)17-45-20)39-32-40-30-21(7-8-37-30)31(41-32)38-24-6-5-23-28(36-10-9-35-23)29(24)46(3,4)43/h5-10,12-15,17,20,33-34H,11,16H2,1-4H3,(H3,37,38,39,40,41)/b18-15+,33-14?. The van der Waals surface area contributed by atoms with E-state index < -0.39 is 7.14 Å². The lowest BCUT2D eigenvalue weighted by molar-refractivity contribution is 0.180. The summed E-state index contributed by atoms with van der Waals surface area (Å²) in [5.41, 5.74) is 6.59. The molecule has 14 heteroatoms. The fourth-order valence-corrected chi connectivity index (χ4v) is 7.40. The van der Waals surface area contributed by atoms with Crippen LogP contribution >= 0.6 is 7.14 Å². The number of hydrogen-bond acceptors (Lipinski definition) is 12. The molecule has 5 N–H and O–H groups in total. The van der Waals surface area contributed by atoms with Crippen molar-refractivity contribution < 1.29 is 14.0 Å². The van der Waals surface area contributed by atoms with Gasteiger partial charge >= 0.3 is 0 Å². The molecule has 46 heavy (non-hydrogen) atoms. The molecule has 1 fully saturated rings. The molecule has 2 bridgehead atoms. The van der Waals surface area contributed by atoms with E-state index in [-0.39, 0.29) is 6.10 Å². The molecule has 0 saturated carbocycles. The summed E-state index contributed by atoms with van der Waals surface area (Å²) in [6.45, 7) is 4.15. The van der Waals surface area contributed by atoms with Crippen LogP contribution in [-0.2, 0) is 9.30 Å². The van der Waals surface area contributed by atoms with Crippen LogP contribution in [0.25, 0.3) is 27.6 Å². The molecule has 1 atom stereocenters. The predicted molar refractivity (Wildman–Crippen MR) is 183 cm³/mol. The highest BCUT2D eigenvalue weighted by atomic mass is 31.2. The SMILES string of the molecule is CN/C=C(\C=N)c1cc(Nc2nc(Nc3ccc4nccnc4c3P(C)(C)=O)c3cc[nH]c3n2)c(OC)cc1N1CC2CC1=CO2. The van der Waals surface area contributed by atoms with Crippen molar-refractivity contribution in [1.29, 1.82) is 5.41 Å². The van der Waals surface area contributed by atoms with Gasteiger partial charge < -0.3 is 45.3 Å². The molecule has 2 aliphatic heterocycles. The first-order chi connectivity index (χ1) is 22.3. The number of nitrogens with zero attached hydrogens (tertiary/aromatic N) is 5. The monoisotopic (exact) mass is 636 g/mol. The second-order valence-electron chi connectivity index (χ2n) is 11.4. The third-order valence-electron chi connectivity index (χ3n) is 8.01. The van der Waals surface area contributed by atoms with Gasteiger partial charge in [-0.1, -0.05) is 0 Å². The molecule has 0 amide bonds. The lowest BCUT2D eigenvalue weighted by Gasteiger charge is -2.27. The van der Waals surface area contributed by atoms with Gasteiger partial charge in [0.2, 0.25) is 5.95 Å². The number of aromatic amines is 1. The fourth-order valence-electron chi connectivity index (χ4n) is 6.01. The number of rotatable bonds is 10. The van der Waals surface area contributed by atoms with E-state index >= 15 is 0 Å². The highest BCUT2D eigenvalue weighted by Crippen LogP contribution is 2.44. The molecule has 3 aromatic heterocycles. The van der Waals surface area contributed by atoms with Gasteiger partial charge in [-0.15, -0.1) is 0 Å². The summed E-state index contributed by atoms with van der Waals surface area (Å²) < 4.78 is 25.1. The number of anilines is 5. The Kier molecular flexibility index (Phi) is 7.32. The highest BCUT2D eigenvalue weighted by Gasteiger charge is 2.35. The molecular formula is C32H33N10O3P. The summed E-state index contributed by atoms with van der Waals surface area (Å²) in [5.74, 6) is 1.39. The number of benzene rings is 2. The van der Waals surface area contributed by atoms with Gasteiger partial charge in [0, 0.05) is 61.7 Å². The van der Waals surface area contributed by atoms with Crippen molar-refractivity contribution in [3.8, 4) is 5.75 Å². The number of fused-ring (bicyclic) bond motifs is 4. The van der Waals surface area contributed by atoms with Crippen LogP contribution in [0.4, 0.5) is 28.8 Å². The minimum atomic E-state index is -2.80. The molecule has 234 valence electrons. The van der Waals surface area contributed by atoms with Crippen LogP contribution in [-0.4, -0.2) is 71.3 Å². The van der Waals surface area contributed by atoms with Crippen LogP contribution in [0.3, 0.4) is 0 Å². The molecule has 0 radical (unpaired) electrons. The Morgan fingerprint density at radius 3 is 2.72 bits per heavy atom. The summed E-state index contributed by atoms with van der Waals surface area (Å²) in [4.78, 5) is 23.9. The first-order valence-electron chi connectivity index (χ1n) is 14.7. The minimum Gasteiger partial charge on any atom is -0.494 e. The Morgan fingerprint density at radius 1 is 1.15 bits per heavy atom. The third kappa shape index (κ3) is 5.18. The van der Waals surface area contributed by atoms with E-state index in [1.807, 2.05) is 30.3 Å². The molecule has 0 spiro atoms. The maximum atomic E-state index is 13.5. The molecule has 1 saturated heterocycles. The molecule has 2 aliphatic rings. The van der Waals surface area contributed by atoms with Gasteiger partial charge in [-0.05, 0) is 37.6 Å². The molecule has 5 heterocycles. The maximum Gasteiger partial charge on any atom is 0.231 e. The van der Waals surface area contributed by atoms with Crippen LogP contribution in [0.15, 0.2) is 67.1 Å². The zero-order valence-electron chi connectivity index (χ0n) is 25.8. The first-order valence-corrected chi connectivity index (χ1v) is 17.3. The second kappa shape index (κ2) is 11.5. The Bertz CT molecular complexity index is 2120.